The van der Waals surface area contributed by atoms with E-state index in [0.29, 0.717) is 6.54 Å². The third kappa shape index (κ3) is 3.10. The first-order valence-corrected chi connectivity index (χ1v) is 7.78. The molecule has 1 unspecified atom stereocenters. The van der Waals surface area contributed by atoms with Crippen molar-refractivity contribution in [3.63, 3.8) is 0 Å². The molecule has 2 aromatic heterocycles. The lowest BCUT2D eigenvalue weighted by Gasteiger charge is -2.25. The first-order chi connectivity index (χ1) is 8.61. The van der Waals surface area contributed by atoms with Crippen LogP contribution >= 0.6 is 34.3 Å². The summed E-state index contributed by atoms with van der Waals surface area (Å²) in [6, 6.07) is 2.21. The molecule has 2 rings (SSSR count). The Morgan fingerprint density at radius 1 is 1.50 bits per heavy atom. The third-order valence-electron chi connectivity index (χ3n) is 2.91. The summed E-state index contributed by atoms with van der Waals surface area (Å²) >= 11 is 9.33. The topological polar surface area (TPSA) is 42.2 Å². The van der Waals surface area contributed by atoms with Gasteiger partial charge < -0.3 is 5.73 Å². The zero-order valence-corrected chi connectivity index (χ0v) is 12.8. The number of nitrogens with zero attached hydrogens (tertiary/aromatic N) is 2. The minimum absolute atomic E-state index is 0.212. The Hall–Kier alpha value is -0.460. The lowest BCUT2D eigenvalue weighted by atomic mass is 10.2. The lowest BCUT2D eigenvalue weighted by molar-refractivity contribution is 0.246. The van der Waals surface area contributed by atoms with Gasteiger partial charge in [-0.3, -0.25) is 4.90 Å². The molecule has 0 bridgehead atoms. The van der Waals surface area contributed by atoms with E-state index in [9.17, 15) is 0 Å². The van der Waals surface area contributed by atoms with Crippen molar-refractivity contribution in [1.29, 1.82) is 0 Å². The second-order valence-electron chi connectivity index (χ2n) is 4.19. The molecule has 18 heavy (non-hydrogen) atoms. The molecule has 0 spiro atoms. The van der Waals surface area contributed by atoms with Crippen LogP contribution in [0, 0.1) is 6.92 Å². The second-order valence-corrected chi connectivity index (χ2v) is 6.51. The predicted octanol–water partition coefficient (Wildman–Crippen LogP) is 3.30. The van der Waals surface area contributed by atoms with Crippen molar-refractivity contribution in [2.75, 3.05) is 13.6 Å². The highest BCUT2D eigenvalue weighted by Gasteiger charge is 2.18. The molecule has 2 heterocycles. The summed E-state index contributed by atoms with van der Waals surface area (Å²) in [6.45, 7) is 3.50. The smallest absolute Gasteiger partial charge is 0.0798 e. The number of hydrogen-bond acceptors (Lipinski definition) is 5. The lowest BCUT2D eigenvalue weighted by Crippen LogP contribution is -2.29. The van der Waals surface area contributed by atoms with Gasteiger partial charge in [-0.25, -0.2) is 4.98 Å². The summed E-state index contributed by atoms with van der Waals surface area (Å²) in [4.78, 5) is 9.03. The summed E-state index contributed by atoms with van der Waals surface area (Å²) in [5, 5.41) is 2.74. The van der Waals surface area contributed by atoms with Crippen molar-refractivity contribution in [1.82, 2.24) is 9.88 Å². The van der Waals surface area contributed by atoms with Gasteiger partial charge in [0.2, 0.25) is 0 Å². The van der Waals surface area contributed by atoms with Crippen LogP contribution in [0.25, 0.3) is 0 Å². The molecule has 0 amide bonds. The van der Waals surface area contributed by atoms with Crippen molar-refractivity contribution < 1.29 is 0 Å². The molecule has 2 aromatic rings. The van der Waals surface area contributed by atoms with E-state index >= 15 is 0 Å². The predicted molar refractivity (Wildman–Crippen MR) is 79.4 cm³/mol. The molecule has 2 N–H and O–H groups in total. The van der Waals surface area contributed by atoms with E-state index in [2.05, 4.69) is 16.9 Å². The number of likely N-dealkylation sites (N-methyl/N-ethyl adjacent to an activating group) is 1. The summed E-state index contributed by atoms with van der Waals surface area (Å²) in [5.41, 5.74) is 8.88. The van der Waals surface area contributed by atoms with E-state index in [1.54, 1.807) is 22.7 Å². The first kappa shape index (κ1) is 14.0. The first-order valence-electron chi connectivity index (χ1n) is 5.65. The molecule has 98 valence electrons. The molecule has 0 aliphatic carbocycles. The zero-order chi connectivity index (χ0) is 13.1. The maximum atomic E-state index is 5.98. The summed E-state index contributed by atoms with van der Waals surface area (Å²) in [7, 11) is 2.09. The van der Waals surface area contributed by atoms with Crippen molar-refractivity contribution in [3.05, 3.63) is 37.4 Å². The molecular formula is C12H16ClN3S2. The van der Waals surface area contributed by atoms with Crippen LogP contribution in [0.1, 0.15) is 21.5 Å². The number of hydrogen-bond donors (Lipinski definition) is 1. The van der Waals surface area contributed by atoms with Crippen LogP contribution in [-0.4, -0.2) is 23.5 Å². The summed E-state index contributed by atoms with van der Waals surface area (Å²) in [5.74, 6) is 0. The molecule has 6 heteroatoms. The maximum Gasteiger partial charge on any atom is 0.0798 e. The normalized spacial score (nSPS) is 13.2. The number of thiophene rings is 1. The molecule has 0 aromatic carbocycles. The van der Waals surface area contributed by atoms with Crippen LogP contribution in [-0.2, 0) is 6.54 Å². The average molecular weight is 302 g/mol. The molecule has 0 saturated carbocycles. The van der Waals surface area contributed by atoms with Crippen LogP contribution < -0.4 is 5.73 Å². The fourth-order valence-electron chi connectivity index (χ4n) is 1.83. The number of thiazole rings is 1. The van der Waals surface area contributed by atoms with Crippen LogP contribution in [0.15, 0.2) is 17.0 Å². The van der Waals surface area contributed by atoms with Gasteiger partial charge in [0, 0.05) is 28.2 Å². The quantitative estimate of drug-likeness (QED) is 0.921. The fourth-order valence-corrected chi connectivity index (χ4v) is 3.93. The van der Waals surface area contributed by atoms with E-state index in [0.717, 1.165) is 17.3 Å². The van der Waals surface area contributed by atoms with E-state index in [-0.39, 0.29) is 6.04 Å². The molecule has 3 nitrogen and oxygen atoms in total. The highest BCUT2D eigenvalue weighted by Crippen LogP contribution is 2.29. The van der Waals surface area contributed by atoms with Gasteiger partial charge in [0.25, 0.3) is 0 Å². The van der Waals surface area contributed by atoms with Crippen LogP contribution in [0.5, 0.6) is 0 Å². The zero-order valence-electron chi connectivity index (χ0n) is 10.4. The van der Waals surface area contributed by atoms with Crippen LogP contribution in [0.4, 0.5) is 0 Å². The molecule has 0 radical (unpaired) electrons. The number of aryl methyl sites for hydroxylation is 1. The van der Waals surface area contributed by atoms with Gasteiger partial charge in [-0.2, -0.15) is 0 Å². The van der Waals surface area contributed by atoms with E-state index in [1.807, 2.05) is 23.9 Å². The Kier molecular flexibility index (Phi) is 4.75. The number of nitrogens with two attached hydrogens (primary N) is 1. The molecule has 1 atom stereocenters. The van der Waals surface area contributed by atoms with Crippen molar-refractivity contribution in [2.24, 2.45) is 5.73 Å². The van der Waals surface area contributed by atoms with Gasteiger partial charge in [0.1, 0.15) is 0 Å². The number of aromatic nitrogens is 1. The minimum atomic E-state index is 0.212. The summed E-state index contributed by atoms with van der Waals surface area (Å²) in [6.07, 6.45) is 0. The van der Waals surface area contributed by atoms with Gasteiger partial charge >= 0.3 is 0 Å². The van der Waals surface area contributed by atoms with E-state index in [4.69, 9.17) is 17.3 Å². The monoisotopic (exact) mass is 301 g/mol. The Morgan fingerprint density at radius 2 is 2.28 bits per heavy atom. The number of rotatable bonds is 5. The summed E-state index contributed by atoms with van der Waals surface area (Å²) < 4.78 is 0. The molecule has 0 fully saturated rings. The SMILES string of the molecule is Cc1ncsc1CN(C)C(CN)c1cc(Cl)cs1. The van der Waals surface area contributed by atoms with Gasteiger partial charge in [-0.1, -0.05) is 11.6 Å². The van der Waals surface area contributed by atoms with Crippen molar-refractivity contribution >= 4 is 34.3 Å². The highest BCUT2D eigenvalue weighted by atomic mass is 35.5. The molecule has 0 aliphatic rings. The second kappa shape index (κ2) is 6.12. The van der Waals surface area contributed by atoms with Gasteiger partial charge in [-0.15, -0.1) is 22.7 Å². The minimum Gasteiger partial charge on any atom is -0.329 e. The largest absolute Gasteiger partial charge is 0.329 e. The highest BCUT2D eigenvalue weighted by molar-refractivity contribution is 7.10. The maximum absolute atomic E-state index is 5.98. The molecular weight excluding hydrogens is 286 g/mol. The molecule has 0 aliphatic heterocycles. The Balaban J connectivity index is 2.11. The molecule has 0 saturated heterocycles. The van der Waals surface area contributed by atoms with E-state index < -0.39 is 0 Å². The van der Waals surface area contributed by atoms with Gasteiger partial charge in [-0.05, 0) is 20.0 Å². The standard InChI is InChI=1S/C12H16ClN3S2/c1-8-12(18-7-15-8)5-16(2)10(4-14)11-3-9(13)6-17-11/h3,6-7,10H,4-5,14H2,1-2H3. The van der Waals surface area contributed by atoms with Crippen LogP contribution in [0.2, 0.25) is 5.02 Å². The fraction of sp³-hybridized carbons (Fsp3) is 0.417. The van der Waals surface area contributed by atoms with Crippen molar-refractivity contribution in [2.45, 2.75) is 19.5 Å². The Morgan fingerprint density at radius 3 is 2.78 bits per heavy atom. The Bertz CT molecular complexity index is 509. The average Bonchev–Trinajstić information content (AvgIpc) is 2.91. The van der Waals surface area contributed by atoms with E-state index in [1.165, 1.54) is 9.75 Å². The third-order valence-corrected chi connectivity index (χ3v) is 5.21. The van der Waals surface area contributed by atoms with Gasteiger partial charge in [0.05, 0.1) is 22.3 Å². The number of halogens is 1. The Labute approximate surface area is 120 Å². The van der Waals surface area contributed by atoms with Crippen LogP contribution in [0.3, 0.4) is 0 Å². The van der Waals surface area contributed by atoms with Crippen molar-refractivity contribution in [3.8, 4) is 0 Å². The van der Waals surface area contributed by atoms with Gasteiger partial charge in [0.15, 0.2) is 0 Å².